The lowest BCUT2D eigenvalue weighted by atomic mass is 10.0. The molecule has 2 rings (SSSR count). The van der Waals surface area contributed by atoms with Gasteiger partial charge in [-0.15, -0.1) is 0 Å². The van der Waals surface area contributed by atoms with E-state index in [1.807, 2.05) is 56.3 Å². The van der Waals surface area contributed by atoms with Gasteiger partial charge in [0.1, 0.15) is 12.2 Å². The zero-order chi connectivity index (χ0) is 18.9. The summed E-state index contributed by atoms with van der Waals surface area (Å²) in [7, 11) is 1.59. The van der Waals surface area contributed by atoms with Crippen LogP contribution < -0.4 is 15.4 Å². The van der Waals surface area contributed by atoms with Crippen molar-refractivity contribution in [3.8, 4) is 5.75 Å². The molecule has 0 spiro atoms. The molecule has 0 aromatic heterocycles. The molecule has 0 saturated carbocycles. The Balaban J connectivity index is 1.95. The molecule has 0 bridgehead atoms. The van der Waals surface area contributed by atoms with Crippen molar-refractivity contribution in [3.05, 3.63) is 59.2 Å². The molecule has 2 amide bonds. The number of methoxy groups -OCH3 is 1. The maximum Gasteiger partial charge on any atom is 0.233 e. The second-order valence-corrected chi connectivity index (χ2v) is 5.97. The average Bonchev–Trinajstić information content (AvgIpc) is 2.66. The molecule has 0 saturated heterocycles. The van der Waals surface area contributed by atoms with E-state index >= 15 is 0 Å². The van der Waals surface area contributed by atoms with E-state index in [-0.39, 0.29) is 18.2 Å². The molecule has 2 N–H and O–H groups in total. The maximum absolute atomic E-state index is 12.3. The fourth-order valence-corrected chi connectivity index (χ4v) is 2.84. The third kappa shape index (κ3) is 5.09. The summed E-state index contributed by atoms with van der Waals surface area (Å²) in [4.78, 5) is 24.4. The van der Waals surface area contributed by atoms with Gasteiger partial charge in [-0.3, -0.25) is 9.59 Å². The summed E-state index contributed by atoms with van der Waals surface area (Å²) in [5.41, 5.74) is 3.85. The van der Waals surface area contributed by atoms with Crippen LogP contribution in [0.5, 0.6) is 5.75 Å². The first-order chi connectivity index (χ1) is 12.6. The van der Waals surface area contributed by atoms with E-state index < -0.39 is 0 Å². The number of benzene rings is 2. The second kappa shape index (κ2) is 9.61. The molecule has 2 aromatic carbocycles. The van der Waals surface area contributed by atoms with Crippen molar-refractivity contribution >= 4 is 17.5 Å². The number of ether oxygens (including phenoxy) is 1. The first-order valence-corrected chi connectivity index (χ1v) is 8.88. The number of nitrogens with one attached hydrogen (secondary N) is 2. The number of amides is 2. The summed E-state index contributed by atoms with van der Waals surface area (Å²) in [5, 5.41) is 5.68. The number of rotatable bonds is 8. The fraction of sp³-hybridized carbons (Fsp3) is 0.333. The molecule has 26 heavy (non-hydrogen) atoms. The van der Waals surface area contributed by atoms with Gasteiger partial charge in [0.2, 0.25) is 11.8 Å². The highest BCUT2D eigenvalue weighted by atomic mass is 16.5. The van der Waals surface area contributed by atoms with Crippen molar-refractivity contribution in [2.24, 2.45) is 0 Å². The molecule has 5 heteroatoms. The summed E-state index contributed by atoms with van der Waals surface area (Å²) < 4.78 is 5.26. The number of anilines is 1. The van der Waals surface area contributed by atoms with Gasteiger partial charge in [-0.2, -0.15) is 0 Å². The van der Waals surface area contributed by atoms with Gasteiger partial charge in [0.05, 0.1) is 7.11 Å². The molecule has 0 aliphatic rings. The van der Waals surface area contributed by atoms with Crippen molar-refractivity contribution in [3.63, 3.8) is 0 Å². The Bertz CT molecular complexity index is 749. The lowest BCUT2D eigenvalue weighted by Crippen LogP contribution is -2.28. The topological polar surface area (TPSA) is 67.4 Å². The number of hydrogen-bond acceptors (Lipinski definition) is 3. The normalized spacial score (nSPS) is 10.3. The standard InChI is InChI=1S/C21H26N2O3/c1-4-15-10-8-11-16(5-2)21(15)23-20(25)13-19(24)22-14-17-9-6-7-12-18(17)26-3/h6-12H,4-5,13-14H2,1-3H3,(H,22,24)(H,23,25). The summed E-state index contributed by atoms with van der Waals surface area (Å²) in [6.07, 6.45) is 1.43. The summed E-state index contributed by atoms with van der Waals surface area (Å²) in [6.45, 7) is 4.41. The average molecular weight is 354 g/mol. The van der Waals surface area contributed by atoms with Crippen LogP contribution in [0.4, 0.5) is 5.69 Å². The zero-order valence-electron chi connectivity index (χ0n) is 15.6. The number of para-hydroxylation sites is 2. The molecular formula is C21H26N2O3. The molecule has 0 radical (unpaired) electrons. The Kier molecular flexibility index (Phi) is 7.21. The molecule has 0 aliphatic heterocycles. The smallest absolute Gasteiger partial charge is 0.233 e. The quantitative estimate of drug-likeness (QED) is 0.714. The highest BCUT2D eigenvalue weighted by Crippen LogP contribution is 2.22. The number of carbonyl (C=O) groups excluding carboxylic acids is 2. The van der Waals surface area contributed by atoms with E-state index in [0.29, 0.717) is 12.3 Å². The van der Waals surface area contributed by atoms with Gasteiger partial charge < -0.3 is 15.4 Å². The first kappa shape index (κ1) is 19.5. The van der Waals surface area contributed by atoms with Crippen molar-refractivity contribution in [1.82, 2.24) is 5.32 Å². The zero-order valence-corrected chi connectivity index (χ0v) is 15.6. The van der Waals surface area contributed by atoms with Crippen molar-refractivity contribution < 1.29 is 14.3 Å². The number of hydrogen-bond donors (Lipinski definition) is 2. The van der Waals surface area contributed by atoms with E-state index in [1.165, 1.54) is 0 Å². The minimum absolute atomic E-state index is 0.212. The molecule has 0 aliphatic carbocycles. The number of aryl methyl sites for hydroxylation is 2. The molecule has 0 unspecified atom stereocenters. The van der Waals surface area contributed by atoms with Crippen molar-refractivity contribution in [2.45, 2.75) is 39.7 Å². The van der Waals surface area contributed by atoms with Crippen LogP contribution in [0, 0.1) is 0 Å². The summed E-state index contributed by atoms with van der Waals surface area (Å²) >= 11 is 0. The Morgan fingerprint density at radius 2 is 1.50 bits per heavy atom. The van der Waals surface area contributed by atoms with Crippen LogP contribution in [-0.4, -0.2) is 18.9 Å². The molecule has 138 valence electrons. The van der Waals surface area contributed by atoms with Gasteiger partial charge in [0.15, 0.2) is 0 Å². The Labute approximate surface area is 154 Å². The van der Waals surface area contributed by atoms with Crippen LogP contribution in [0.3, 0.4) is 0 Å². The summed E-state index contributed by atoms with van der Waals surface area (Å²) in [6, 6.07) is 13.4. The highest BCUT2D eigenvalue weighted by Gasteiger charge is 2.14. The van der Waals surface area contributed by atoms with Crippen LogP contribution in [0.1, 0.15) is 37.0 Å². The molecular weight excluding hydrogens is 328 g/mol. The lowest BCUT2D eigenvalue weighted by Gasteiger charge is -2.14. The second-order valence-electron chi connectivity index (χ2n) is 5.97. The highest BCUT2D eigenvalue weighted by molar-refractivity contribution is 6.04. The molecule has 0 atom stereocenters. The molecule has 0 heterocycles. The molecule has 5 nitrogen and oxygen atoms in total. The van der Waals surface area contributed by atoms with Crippen LogP contribution in [0.15, 0.2) is 42.5 Å². The van der Waals surface area contributed by atoms with Gasteiger partial charge in [0.25, 0.3) is 0 Å². The van der Waals surface area contributed by atoms with Crippen LogP contribution >= 0.6 is 0 Å². The minimum atomic E-state index is -0.319. The van der Waals surface area contributed by atoms with Crippen molar-refractivity contribution in [1.29, 1.82) is 0 Å². The maximum atomic E-state index is 12.3. The Morgan fingerprint density at radius 3 is 2.12 bits per heavy atom. The van der Waals surface area contributed by atoms with Gasteiger partial charge in [-0.25, -0.2) is 0 Å². The SMILES string of the molecule is CCc1cccc(CC)c1NC(=O)CC(=O)NCc1ccccc1OC. The van der Waals surface area contributed by atoms with Gasteiger partial charge in [-0.1, -0.05) is 50.2 Å². The first-order valence-electron chi connectivity index (χ1n) is 8.88. The van der Waals surface area contributed by atoms with Gasteiger partial charge >= 0.3 is 0 Å². The lowest BCUT2D eigenvalue weighted by molar-refractivity contribution is -0.126. The minimum Gasteiger partial charge on any atom is -0.496 e. The van der Waals surface area contributed by atoms with Crippen LogP contribution in [-0.2, 0) is 29.0 Å². The van der Waals surface area contributed by atoms with E-state index in [1.54, 1.807) is 7.11 Å². The van der Waals surface area contributed by atoms with E-state index in [2.05, 4.69) is 10.6 Å². The Hall–Kier alpha value is -2.82. The van der Waals surface area contributed by atoms with Crippen LogP contribution in [0.2, 0.25) is 0 Å². The monoisotopic (exact) mass is 354 g/mol. The molecule has 0 fully saturated rings. The largest absolute Gasteiger partial charge is 0.496 e. The van der Waals surface area contributed by atoms with Crippen molar-refractivity contribution in [2.75, 3.05) is 12.4 Å². The van der Waals surface area contributed by atoms with Gasteiger partial charge in [-0.05, 0) is 30.0 Å². The number of carbonyl (C=O) groups is 2. The van der Waals surface area contributed by atoms with E-state index in [4.69, 9.17) is 4.74 Å². The van der Waals surface area contributed by atoms with Gasteiger partial charge in [0, 0.05) is 17.8 Å². The predicted molar refractivity (Wildman–Crippen MR) is 103 cm³/mol. The molecule has 2 aromatic rings. The van der Waals surface area contributed by atoms with Crippen LogP contribution in [0.25, 0.3) is 0 Å². The third-order valence-electron chi connectivity index (χ3n) is 4.25. The fourth-order valence-electron chi connectivity index (χ4n) is 2.84. The summed E-state index contributed by atoms with van der Waals surface area (Å²) in [5.74, 6) is 0.0836. The predicted octanol–water partition coefficient (Wildman–Crippen LogP) is 3.47. The van der Waals surface area contributed by atoms with E-state index in [0.717, 1.165) is 35.2 Å². The third-order valence-corrected chi connectivity index (χ3v) is 4.25. The Morgan fingerprint density at radius 1 is 0.885 bits per heavy atom. The van der Waals surface area contributed by atoms with E-state index in [9.17, 15) is 9.59 Å².